The number of halogens is 1. The molecule has 0 spiro atoms. The van der Waals surface area contributed by atoms with Gasteiger partial charge in [0.15, 0.2) is 0 Å². The molecule has 0 aliphatic rings. The van der Waals surface area contributed by atoms with Gasteiger partial charge in [-0.25, -0.2) is 9.18 Å². The number of aliphatic carboxylic acids is 1. The van der Waals surface area contributed by atoms with Crippen LogP contribution in [0.3, 0.4) is 0 Å². The van der Waals surface area contributed by atoms with Crippen LogP contribution in [0.2, 0.25) is 0 Å². The van der Waals surface area contributed by atoms with E-state index in [9.17, 15) is 14.0 Å². The van der Waals surface area contributed by atoms with Crippen LogP contribution < -0.4 is 5.32 Å². The minimum Gasteiger partial charge on any atom is -0.481 e. The third kappa shape index (κ3) is 5.81. The van der Waals surface area contributed by atoms with Crippen molar-refractivity contribution in [1.82, 2.24) is 10.2 Å². The number of carboxylic acid groups (broad SMARTS) is 1. The molecular weight excluding hydrogens is 275 g/mol. The van der Waals surface area contributed by atoms with Gasteiger partial charge in [-0.05, 0) is 24.1 Å². The van der Waals surface area contributed by atoms with Crippen molar-refractivity contribution >= 4 is 12.0 Å². The summed E-state index contributed by atoms with van der Waals surface area (Å²) >= 11 is 0. The van der Waals surface area contributed by atoms with Gasteiger partial charge in [-0.15, -0.1) is 0 Å². The van der Waals surface area contributed by atoms with Crippen molar-refractivity contribution in [2.45, 2.75) is 26.3 Å². The lowest BCUT2D eigenvalue weighted by Gasteiger charge is -2.20. The first kappa shape index (κ1) is 16.9. The molecule has 0 aliphatic heterocycles. The Kier molecular flexibility index (Phi) is 6.65. The first-order valence-corrected chi connectivity index (χ1v) is 6.90. The van der Waals surface area contributed by atoms with E-state index in [0.29, 0.717) is 12.0 Å². The van der Waals surface area contributed by atoms with Crippen molar-refractivity contribution in [2.24, 2.45) is 5.92 Å². The summed E-state index contributed by atoms with van der Waals surface area (Å²) in [6.45, 7) is 2.25. The van der Waals surface area contributed by atoms with Crippen molar-refractivity contribution in [3.05, 3.63) is 35.6 Å². The van der Waals surface area contributed by atoms with Crippen LogP contribution in [-0.4, -0.2) is 35.6 Å². The lowest BCUT2D eigenvalue weighted by atomic mass is 10.0. The predicted octanol–water partition coefficient (Wildman–Crippen LogP) is 2.47. The van der Waals surface area contributed by atoms with Crippen LogP contribution in [0.1, 0.15) is 25.3 Å². The largest absolute Gasteiger partial charge is 0.481 e. The Morgan fingerprint density at radius 1 is 1.43 bits per heavy atom. The number of carbonyl (C=O) groups excluding carboxylic acids is 1. The molecule has 0 bridgehead atoms. The Hall–Kier alpha value is -2.11. The number of hydrogen-bond acceptors (Lipinski definition) is 2. The van der Waals surface area contributed by atoms with Crippen LogP contribution in [0.25, 0.3) is 0 Å². The lowest BCUT2D eigenvalue weighted by Crippen LogP contribution is -2.40. The molecule has 0 saturated heterocycles. The average molecular weight is 296 g/mol. The molecule has 5 nitrogen and oxygen atoms in total. The van der Waals surface area contributed by atoms with Crippen molar-refractivity contribution in [1.29, 1.82) is 0 Å². The number of urea groups is 1. The van der Waals surface area contributed by atoms with Crippen LogP contribution in [-0.2, 0) is 11.3 Å². The Balaban J connectivity index is 2.49. The maximum atomic E-state index is 13.1. The number of rotatable bonds is 7. The minimum atomic E-state index is -0.912. The second kappa shape index (κ2) is 8.24. The fourth-order valence-corrected chi connectivity index (χ4v) is 1.99. The smallest absolute Gasteiger partial charge is 0.317 e. The maximum Gasteiger partial charge on any atom is 0.317 e. The zero-order chi connectivity index (χ0) is 15.8. The number of nitrogens with one attached hydrogen (secondary N) is 1. The normalized spacial score (nSPS) is 11.8. The van der Waals surface area contributed by atoms with Gasteiger partial charge in [0.2, 0.25) is 0 Å². The van der Waals surface area contributed by atoms with Gasteiger partial charge in [-0.2, -0.15) is 0 Å². The molecule has 21 heavy (non-hydrogen) atoms. The Morgan fingerprint density at radius 3 is 2.71 bits per heavy atom. The molecule has 0 aliphatic carbocycles. The van der Waals surface area contributed by atoms with Gasteiger partial charge in [0, 0.05) is 20.1 Å². The first-order valence-electron chi connectivity index (χ1n) is 6.90. The summed E-state index contributed by atoms with van der Waals surface area (Å²) in [6, 6.07) is 5.64. The highest BCUT2D eigenvalue weighted by Crippen LogP contribution is 2.08. The highest BCUT2D eigenvalue weighted by Gasteiger charge is 2.18. The molecule has 0 saturated carbocycles. The van der Waals surface area contributed by atoms with Crippen molar-refractivity contribution < 1.29 is 19.1 Å². The molecular formula is C15H21FN2O3. The van der Waals surface area contributed by atoms with E-state index in [1.807, 2.05) is 6.92 Å². The molecule has 6 heteroatoms. The molecule has 0 fully saturated rings. The van der Waals surface area contributed by atoms with E-state index in [1.54, 1.807) is 19.2 Å². The second-order valence-electron chi connectivity index (χ2n) is 5.00. The zero-order valence-corrected chi connectivity index (χ0v) is 12.3. The lowest BCUT2D eigenvalue weighted by molar-refractivity contribution is -0.141. The molecule has 1 aromatic rings. The van der Waals surface area contributed by atoms with Gasteiger partial charge < -0.3 is 15.3 Å². The summed E-state index contributed by atoms with van der Waals surface area (Å²) in [5, 5.41) is 11.6. The molecule has 0 aromatic heterocycles. The summed E-state index contributed by atoms with van der Waals surface area (Å²) in [5.74, 6) is -1.85. The summed E-state index contributed by atoms with van der Waals surface area (Å²) < 4.78 is 13.1. The van der Waals surface area contributed by atoms with E-state index in [0.717, 1.165) is 6.42 Å². The maximum absolute atomic E-state index is 13.1. The molecule has 2 amide bonds. The van der Waals surface area contributed by atoms with Gasteiger partial charge in [0.1, 0.15) is 5.82 Å². The van der Waals surface area contributed by atoms with Crippen LogP contribution in [0, 0.1) is 11.7 Å². The van der Waals surface area contributed by atoms with Gasteiger partial charge in [-0.1, -0.05) is 25.5 Å². The van der Waals surface area contributed by atoms with Crippen LogP contribution in [0.15, 0.2) is 24.3 Å². The Morgan fingerprint density at radius 2 is 2.14 bits per heavy atom. The van der Waals surface area contributed by atoms with E-state index in [4.69, 9.17) is 5.11 Å². The average Bonchev–Trinajstić information content (AvgIpc) is 2.42. The summed E-state index contributed by atoms with van der Waals surface area (Å²) in [7, 11) is 1.58. The van der Waals surface area contributed by atoms with Gasteiger partial charge in [-0.3, -0.25) is 4.79 Å². The van der Waals surface area contributed by atoms with Crippen molar-refractivity contribution in [2.75, 3.05) is 13.6 Å². The zero-order valence-electron chi connectivity index (χ0n) is 12.3. The van der Waals surface area contributed by atoms with E-state index in [2.05, 4.69) is 5.32 Å². The molecule has 0 radical (unpaired) electrons. The van der Waals surface area contributed by atoms with Crippen LogP contribution >= 0.6 is 0 Å². The quantitative estimate of drug-likeness (QED) is 0.812. The molecule has 2 N–H and O–H groups in total. The fourth-order valence-electron chi connectivity index (χ4n) is 1.99. The van der Waals surface area contributed by atoms with Gasteiger partial charge in [0.25, 0.3) is 0 Å². The van der Waals surface area contributed by atoms with Crippen molar-refractivity contribution in [3.63, 3.8) is 0 Å². The monoisotopic (exact) mass is 296 g/mol. The summed E-state index contributed by atoms with van der Waals surface area (Å²) in [6.07, 6.45) is 1.26. The molecule has 1 unspecified atom stereocenters. The molecule has 0 heterocycles. The van der Waals surface area contributed by atoms with E-state index < -0.39 is 11.9 Å². The topological polar surface area (TPSA) is 69.6 Å². The Labute approximate surface area is 123 Å². The van der Waals surface area contributed by atoms with Crippen molar-refractivity contribution in [3.8, 4) is 0 Å². The number of hydrogen-bond donors (Lipinski definition) is 2. The first-order chi connectivity index (χ1) is 9.93. The number of amides is 2. The summed E-state index contributed by atoms with van der Waals surface area (Å²) in [4.78, 5) is 24.3. The van der Waals surface area contributed by atoms with E-state index in [1.165, 1.54) is 17.0 Å². The predicted molar refractivity (Wildman–Crippen MR) is 77.3 cm³/mol. The third-order valence-corrected chi connectivity index (χ3v) is 3.14. The molecule has 1 rings (SSSR count). The SMILES string of the molecule is CCCC(CNC(=O)N(C)Cc1cccc(F)c1)C(=O)O. The summed E-state index contributed by atoms with van der Waals surface area (Å²) in [5.41, 5.74) is 0.677. The molecule has 1 aromatic carbocycles. The standard InChI is InChI=1S/C15H21FN2O3/c1-3-5-12(14(19)20)9-17-15(21)18(2)10-11-6-4-7-13(16)8-11/h4,6-8,12H,3,5,9-10H2,1-2H3,(H,17,21)(H,19,20). The number of benzene rings is 1. The minimum absolute atomic E-state index is 0.0928. The fraction of sp³-hybridized carbons (Fsp3) is 0.467. The van der Waals surface area contributed by atoms with Crippen LogP contribution in [0.4, 0.5) is 9.18 Å². The molecule has 116 valence electrons. The highest BCUT2D eigenvalue weighted by atomic mass is 19.1. The second-order valence-corrected chi connectivity index (χ2v) is 5.00. The van der Waals surface area contributed by atoms with Gasteiger partial charge in [0.05, 0.1) is 5.92 Å². The van der Waals surface area contributed by atoms with E-state index >= 15 is 0 Å². The highest BCUT2D eigenvalue weighted by molar-refractivity contribution is 5.75. The number of carboxylic acids is 1. The van der Waals surface area contributed by atoms with Gasteiger partial charge >= 0.3 is 12.0 Å². The number of nitrogens with zero attached hydrogens (tertiary/aromatic N) is 1. The Bertz CT molecular complexity index is 494. The molecule has 1 atom stereocenters. The van der Waals surface area contributed by atoms with E-state index in [-0.39, 0.29) is 24.9 Å². The third-order valence-electron chi connectivity index (χ3n) is 3.14. The van der Waals surface area contributed by atoms with Crippen LogP contribution in [0.5, 0.6) is 0 Å². The number of carbonyl (C=O) groups is 2.